The molecule has 0 bridgehead atoms. The first-order valence-electron chi connectivity index (χ1n) is 5.23. The molecule has 1 heterocycles. The van der Waals surface area contributed by atoms with Gasteiger partial charge < -0.3 is 5.32 Å². The van der Waals surface area contributed by atoms with Gasteiger partial charge in [-0.15, -0.1) is 12.4 Å². The molecule has 1 N–H and O–H groups in total. The molecule has 0 unspecified atom stereocenters. The van der Waals surface area contributed by atoms with E-state index in [2.05, 4.69) is 42.4 Å². The normalized spacial score (nSPS) is 14.0. The molecular weight excluding hydrogens is 240 g/mol. The average molecular weight is 257 g/mol. The Bertz CT molecular complexity index is 391. The minimum absolute atomic E-state index is 0. The van der Waals surface area contributed by atoms with E-state index in [0.29, 0.717) is 0 Å². The molecule has 1 aromatic carbocycles. The van der Waals surface area contributed by atoms with Crippen LogP contribution in [-0.2, 0) is 5.75 Å². The van der Waals surface area contributed by atoms with Crippen molar-refractivity contribution in [2.24, 2.45) is 4.99 Å². The largest absolute Gasteiger partial charge is 0.363 e. The van der Waals surface area contributed by atoms with E-state index in [4.69, 9.17) is 0 Å². The third-order valence-electron chi connectivity index (χ3n) is 2.51. The highest BCUT2D eigenvalue weighted by Crippen LogP contribution is 2.18. The van der Waals surface area contributed by atoms with Crippen molar-refractivity contribution in [1.82, 2.24) is 5.32 Å². The molecule has 2 nitrogen and oxygen atoms in total. The van der Waals surface area contributed by atoms with Crippen molar-refractivity contribution in [2.45, 2.75) is 19.6 Å². The molecule has 0 aromatic heterocycles. The molecule has 4 heteroatoms. The van der Waals surface area contributed by atoms with Crippen LogP contribution in [0.4, 0.5) is 0 Å². The summed E-state index contributed by atoms with van der Waals surface area (Å²) in [6, 6.07) is 6.61. The second-order valence-corrected chi connectivity index (χ2v) is 4.80. The number of hydrogen-bond acceptors (Lipinski definition) is 3. The van der Waals surface area contributed by atoms with E-state index < -0.39 is 0 Å². The number of amidine groups is 1. The Morgan fingerprint density at radius 1 is 1.38 bits per heavy atom. The molecule has 1 aliphatic heterocycles. The summed E-state index contributed by atoms with van der Waals surface area (Å²) in [7, 11) is 0. The van der Waals surface area contributed by atoms with E-state index in [-0.39, 0.29) is 12.4 Å². The number of halogens is 1. The zero-order valence-corrected chi connectivity index (χ0v) is 11.3. The number of benzene rings is 1. The maximum Gasteiger partial charge on any atom is 0.157 e. The topological polar surface area (TPSA) is 24.4 Å². The van der Waals surface area contributed by atoms with Gasteiger partial charge in [-0.05, 0) is 25.0 Å². The third-order valence-corrected chi connectivity index (χ3v) is 3.51. The predicted molar refractivity (Wildman–Crippen MR) is 74.8 cm³/mol. The zero-order valence-electron chi connectivity index (χ0n) is 9.62. The van der Waals surface area contributed by atoms with Crippen molar-refractivity contribution in [3.8, 4) is 0 Å². The van der Waals surface area contributed by atoms with Crippen molar-refractivity contribution in [3.05, 3.63) is 34.9 Å². The van der Waals surface area contributed by atoms with Crippen LogP contribution in [-0.4, -0.2) is 18.3 Å². The van der Waals surface area contributed by atoms with E-state index in [1.807, 2.05) is 0 Å². The molecule has 0 fully saturated rings. The van der Waals surface area contributed by atoms with Crippen LogP contribution in [0.25, 0.3) is 0 Å². The number of nitrogens with zero attached hydrogens (tertiary/aromatic N) is 1. The van der Waals surface area contributed by atoms with Crippen LogP contribution in [0.3, 0.4) is 0 Å². The van der Waals surface area contributed by atoms with Crippen molar-refractivity contribution in [2.75, 3.05) is 13.1 Å². The molecule has 0 amide bonds. The van der Waals surface area contributed by atoms with E-state index in [0.717, 1.165) is 24.0 Å². The van der Waals surface area contributed by atoms with Gasteiger partial charge in [0.05, 0.1) is 6.54 Å². The first-order valence-corrected chi connectivity index (χ1v) is 6.21. The van der Waals surface area contributed by atoms with Crippen LogP contribution < -0.4 is 5.32 Å². The molecule has 88 valence electrons. The lowest BCUT2D eigenvalue weighted by molar-refractivity contribution is 0.963. The Hall–Kier alpha value is -0.670. The van der Waals surface area contributed by atoms with Gasteiger partial charge in [0.15, 0.2) is 5.17 Å². The first kappa shape index (κ1) is 13.4. The number of nitrogens with one attached hydrogen (secondary N) is 1. The minimum Gasteiger partial charge on any atom is -0.363 e. The van der Waals surface area contributed by atoms with E-state index in [9.17, 15) is 0 Å². The van der Waals surface area contributed by atoms with Crippen LogP contribution in [0.1, 0.15) is 16.7 Å². The molecule has 0 atom stereocenters. The monoisotopic (exact) mass is 256 g/mol. The SMILES string of the molecule is Cc1ccc(C)c(CSC2=NCCN2)c1.Cl. The van der Waals surface area contributed by atoms with Gasteiger partial charge in [-0.3, -0.25) is 4.99 Å². The lowest BCUT2D eigenvalue weighted by Gasteiger charge is -2.06. The van der Waals surface area contributed by atoms with Crippen LogP contribution >= 0.6 is 24.2 Å². The molecule has 0 aliphatic carbocycles. The molecule has 0 saturated carbocycles. The van der Waals surface area contributed by atoms with Gasteiger partial charge in [-0.1, -0.05) is 35.5 Å². The average Bonchev–Trinajstić information content (AvgIpc) is 2.72. The van der Waals surface area contributed by atoms with Crippen molar-refractivity contribution < 1.29 is 0 Å². The molecular formula is C12H17ClN2S. The highest BCUT2D eigenvalue weighted by Gasteiger charge is 2.06. The van der Waals surface area contributed by atoms with Gasteiger partial charge in [0, 0.05) is 12.3 Å². The molecule has 16 heavy (non-hydrogen) atoms. The highest BCUT2D eigenvalue weighted by molar-refractivity contribution is 8.13. The Labute approximate surface area is 107 Å². The fourth-order valence-corrected chi connectivity index (χ4v) is 2.56. The van der Waals surface area contributed by atoms with Crippen LogP contribution in [0, 0.1) is 13.8 Å². The quantitative estimate of drug-likeness (QED) is 0.880. The van der Waals surface area contributed by atoms with Crippen LogP contribution in [0.15, 0.2) is 23.2 Å². The predicted octanol–water partition coefficient (Wildman–Crippen LogP) is 2.92. The smallest absolute Gasteiger partial charge is 0.157 e. The first-order chi connectivity index (χ1) is 7.25. The Morgan fingerprint density at radius 2 is 2.19 bits per heavy atom. The van der Waals surface area contributed by atoms with E-state index in [1.54, 1.807) is 11.8 Å². The summed E-state index contributed by atoms with van der Waals surface area (Å²) in [5.74, 6) is 1.01. The van der Waals surface area contributed by atoms with Gasteiger partial charge in [0.1, 0.15) is 0 Å². The highest BCUT2D eigenvalue weighted by atomic mass is 35.5. The van der Waals surface area contributed by atoms with Crippen molar-refractivity contribution >= 4 is 29.3 Å². The summed E-state index contributed by atoms with van der Waals surface area (Å²) in [4.78, 5) is 4.37. The molecule has 0 radical (unpaired) electrons. The minimum atomic E-state index is 0. The van der Waals surface area contributed by atoms with Gasteiger partial charge in [-0.25, -0.2) is 0 Å². The van der Waals surface area contributed by atoms with Gasteiger partial charge in [0.25, 0.3) is 0 Å². The number of rotatable bonds is 2. The number of thioether (sulfide) groups is 1. The number of hydrogen-bond donors (Lipinski definition) is 1. The molecule has 1 aliphatic rings. The van der Waals surface area contributed by atoms with Gasteiger partial charge in [-0.2, -0.15) is 0 Å². The summed E-state index contributed by atoms with van der Waals surface area (Å²) < 4.78 is 0. The van der Waals surface area contributed by atoms with Crippen molar-refractivity contribution in [3.63, 3.8) is 0 Å². The Kier molecular flexibility index (Phi) is 5.16. The molecule has 0 saturated heterocycles. The maximum atomic E-state index is 4.37. The van der Waals surface area contributed by atoms with Crippen LogP contribution in [0.2, 0.25) is 0 Å². The second kappa shape index (κ2) is 6.16. The Balaban J connectivity index is 0.00000128. The standard InChI is InChI=1S/C12H16N2S.ClH/c1-9-3-4-10(2)11(7-9)8-15-12-13-5-6-14-12;/h3-4,7H,5-6,8H2,1-2H3,(H,13,14);1H. The third kappa shape index (κ3) is 3.42. The zero-order chi connectivity index (χ0) is 10.7. The maximum absolute atomic E-state index is 4.37. The summed E-state index contributed by atoms with van der Waals surface area (Å²) in [5, 5.41) is 4.37. The van der Waals surface area contributed by atoms with Crippen LogP contribution in [0.5, 0.6) is 0 Å². The summed E-state index contributed by atoms with van der Waals surface area (Å²) in [6.45, 7) is 6.22. The fourth-order valence-electron chi connectivity index (χ4n) is 1.57. The number of aliphatic imine (C=N–C) groups is 1. The lowest BCUT2D eigenvalue weighted by Crippen LogP contribution is -2.15. The lowest BCUT2D eigenvalue weighted by atomic mass is 10.1. The molecule has 1 aromatic rings. The summed E-state index contributed by atoms with van der Waals surface area (Å²) in [5.41, 5.74) is 4.11. The summed E-state index contributed by atoms with van der Waals surface area (Å²) >= 11 is 1.80. The van der Waals surface area contributed by atoms with E-state index in [1.165, 1.54) is 16.7 Å². The molecule has 0 spiro atoms. The number of aryl methyl sites for hydroxylation is 2. The summed E-state index contributed by atoms with van der Waals surface area (Å²) in [6.07, 6.45) is 0. The van der Waals surface area contributed by atoms with E-state index >= 15 is 0 Å². The van der Waals surface area contributed by atoms with Crippen molar-refractivity contribution in [1.29, 1.82) is 0 Å². The second-order valence-electron chi connectivity index (χ2n) is 3.83. The van der Waals surface area contributed by atoms with Gasteiger partial charge >= 0.3 is 0 Å². The molecule has 2 rings (SSSR count). The fraction of sp³-hybridized carbons (Fsp3) is 0.417. The van der Waals surface area contributed by atoms with Gasteiger partial charge in [0.2, 0.25) is 0 Å². The Morgan fingerprint density at radius 3 is 2.88 bits per heavy atom.